The molecular weight excluding hydrogens is 380 g/mol. The van der Waals surface area contributed by atoms with Crippen molar-refractivity contribution >= 4 is 55.4 Å². The summed E-state index contributed by atoms with van der Waals surface area (Å²) >= 11 is 11.6. The van der Waals surface area contributed by atoms with Crippen molar-refractivity contribution in [2.75, 3.05) is 11.5 Å². The van der Waals surface area contributed by atoms with Gasteiger partial charge in [-0.25, -0.2) is 0 Å². The molecule has 4 heteroatoms. The second-order valence-electron chi connectivity index (χ2n) is 4.26. The lowest BCUT2D eigenvalue weighted by Gasteiger charge is -2.28. The minimum absolute atomic E-state index is 0.285. The highest BCUT2D eigenvalue weighted by Crippen LogP contribution is 2.55. The van der Waals surface area contributed by atoms with Crippen LogP contribution in [0.4, 0.5) is 0 Å². The van der Waals surface area contributed by atoms with Crippen LogP contribution >= 0.6 is 55.4 Å². The van der Waals surface area contributed by atoms with Gasteiger partial charge in [0.25, 0.3) is 0 Å². The Morgan fingerprint density at radius 2 is 1.71 bits per heavy atom. The third kappa shape index (κ3) is 2.90. The fourth-order valence-corrected chi connectivity index (χ4v) is 6.72. The largest absolute Gasteiger partial charge is 0.139 e. The standard InChI is InChI=1S/C13H16Br2S2/c1-3-4-13(16-5-6-17-13)10-7-11(14)9(2)12(15)8-10/h7-8H,3-6H2,1-2H3. The van der Waals surface area contributed by atoms with E-state index in [1.807, 2.05) is 0 Å². The Hall–Kier alpha value is 0.880. The van der Waals surface area contributed by atoms with Gasteiger partial charge < -0.3 is 0 Å². The Bertz CT molecular complexity index is 389. The van der Waals surface area contributed by atoms with Crippen molar-refractivity contribution in [3.63, 3.8) is 0 Å². The highest BCUT2D eigenvalue weighted by atomic mass is 79.9. The van der Waals surface area contributed by atoms with Crippen LogP contribution < -0.4 is 0 Å². The molecule has 2 rings (SSSR count). The average molecular weight is 396 g/mol. The van der Waals surface area contributed by atoms with Crippen molar-refractivity contribution in [2.24, 2.45) is 0 Å². The summed E-state index contributed by atoms with van der Waals surface area (Å²) in [5.74, 6) is 2.54. The Morgan fingerprint density at radius 1 is 1.18 bits per heavy atom. The molecule has 0 unspecified atom stereocenters. The van der Waals surface area contributed by atoms with Gasteiger partial charge in [-0.3, -0.25) is 0 Å². The average Bonchev–Trinajstić information content (AvgIpc) is 2.75. The van der Waals surface area contributed by atoms with Gasteiger partial charge in [-0.15, -0.1) is 23.5 Å². The first-order valence-electron chi connectivity index (χ1n) is 5.83. The first-order valence-corrected chi connectivity index (χ1v) is 9.39. The number of rotatable bonds is 3. The molecule has 17 heavy (non-hydrogen) atoms. The van der Waals surface area contributed by atoms with Crippen LogP contribution in [0.2, 0.25) is 0 Å². The van der Waals surface area contributed by atoms with Crippen LogP contribution in [0.15, 0.2) is 21.1 Å². The molecule has 1 aromatic rings. The van der Waals surface area contributed by atoms with E-state index in [2.05, 4.69) is 81.4 Å². The van der Waals surface area contributed by atoms with E-state index in [9.17, 15) is 0 Å². The first kappa shape index (κ1) is 14.3. The zero-order chi connectivity index (χ0) is 12.5. The molecule has 1 heterocycles. The number of hydrogen-bond acceptors (Lipinski definition) is 2. The molecule has 0 saturated carbocycles. The van der Waals surface area contributed by atoms with Crippen molar-refractivity contribution < 1.29 is 0 Å². The smallest absolute Gasteiger partial charge is 0.0861 e. The zero-order valence-corrected chi connectivity index (χ0v) is 14.9. The fourth-order valence-electron chi connectivity index (χ4n) is 2.10. The van der Waals surface area contributed by atoms with Gasteiger partial charge >= 0.3 is 0 Å². The van der Waals surface area contributed by atoms with Crippen molar-refractivity contribution in [3.8, 4) is 0 Å². The molecule has 1 saturated heterocycles. The molecule has 0 atom stereocenters. The predicted octanol–water partition coefficient (Wildman–Crippen LogP) is 5.95. The molecule has 1 fully saturated rings. The van der Waals surface area contributed by atoms with Gasteiger partial charge in [0.15, 0.2) is 0 Å². The summed E-state index contributed by atoms with van der Waals surface area (Å²) in [5.41, 5.74) is 2.74. The second-order valence-corrected chi connectivity index (χ2v) is 9.02. The van der Waals surface area contributed by atoms with Gasteiger partial charge in [0.2, 0.25) is 0 Å². The van der Waals surface area contributed by atoms with E-state index < -0.39 is 0 Å². The van der Waals surface area contributed by atoms with Crippen molar-refractivity contribution in [1.29, 1.82) is 0 Å². The Balaban J connectivity index is 2.43. The summed E-state index contributed by atoms with van der Waals surface area (Å²) in [6.07, 6.45) is 2.49. The SMILES string of the molecule is CCCC1(c2cc(Br)c(C)c(Br)c2)SCCS1. The summed E-state index contributed by atoms with van der Waals surface area (Å²) in [4.78, 5) is 0. The van der Waals surface area contributed by atoms with E-state index >= 15 is 0 Å². The molecule has 0 spiro atoms. The summed E-state index contributed by atoms with van der Waals surface area (Å²) < 4.78 is 2.71. The quantitative estimate of drug-likeness (QED) is 0.619. The Kier molecular flexibility index (Phi) is 4.95. The fraction of sp³-hybridized carbons (Fsp3) is 0.538. The van der Waals surface area contributed by atoms with Gasteiger partial charge in [0, 0.05) is 20.5 Å². The third-order valence-electron chi connectivity index (χ3n) is 3.05. The Labute approximate surface area is 129 Å². The maximum absolute atomic E-state index is 3.67. The molecule has 0 N–H and O–H groups in total. The van der Waals surface area contributed by atoms with Crippen LogP contribution in [0.5, 0.6) is 0 Å². The summed E-state index contributed by atoms with van der Waals surface area (Å²) in [6.45, 7) is 4.42. The topological polar surface area (TPSA) is 0 Å². The van der Waals surface area contributed by atoms with E-state index in [-0.39, 0.29) is 4.08 Å². The monoisotopic (exact) mass is 394 g/mol. The minimum atomic E-state index is 0.285. The molecule has 0 aromatic heterocycles. The number of benzene rings is 1. The highest BCUT2D eigenvalue weighted by molar-refractivity contribution is 9.11. The minimum Gasteiger partial charge on any atom is -0.139 e. The number of halogens is 2. The molecule has 1 aromatic carbocycles. The van der Waals surface area contributed by atoms with Crippen LogP contribution in [-0.4, -0.2) is 11.5 Å². The lowest BCUT2D eigenvalue weighted by molar-refractivity contribution is 0.738. The molecule has 94 valence electrons. The highest BCUT2D eigenvalue weighted by Gasteiger charge is 2.37. The molecule has 0 radical (unpaired) electrons. The van der Waals surface area contributed by atoms with Gasteiger partial charge in [0.1, 0.15) is 0 Å². The van der Waals surface area contributed by atoms with Crippen LogP contribution in [-0.2, 0) is 4.08 Å². The molecule has 0 aliphatic carbocycles. The Morgan fingerprint density at radius 3 is 2.18 bits per heavy atom. The van der Waals surface area contributed by atoms with Gasteiger partial charge in [-0.05, 0) is 36.6 Å². The van der Waals surface area contributed by atoms with Gasteiger partial charge in [-0.2, -0.15) is 0 Å². The molecule has 0 amide bonds. The van der Waals surface area contributed by atoms with Crippen molar-refractivity contribution in [1.82, 2.24) is 0 Å². The van der Waals surface area contributed by atoms with Crippen LogP contribution in [0, 0.1) is 6.92 Å². The second kappa shape index (κ2) is 5.89. The van der Waals surface area contributed by atoms with Crippen LogP contribution in [0.3, 0.4) is 0 Å². The number of thioether (sulfide) groups is 2. The molecule has 0 nitrogen and oxygen atoms in total. The lowest BCUT2D eigenvalue weighted by atomic mass is 10.1. The summed E-state index contributed by atoms with van der Waals surface area (Å²) in [5, 5.41) is 0. The van der Waals surface area contributed by atoms with Crippen LogP contribution in [0.25, 0.3) is 0 Å². The first-order chi connectivity index (χ1) is 8.09. The molecular formula is C13H16Br2S2. The van der Waals surface area contributed by atoms with E-state index in [0.29, 0.717) is 0 Å². The van der Waals surface area contributed by atoms with Gasteiger partial charge in [0.05, 0.1) is 4.08 Å². The zero-order valence-electron chi connectivity index (χ0n) is 10.1. The molecule has 1 aliphatic heterocycles. The summed E-state index contributed by atoms with van der Waals surface area (Å²) in [7, 11) is 0. The normalized spacial score (nSPS) is 18.6. The molecule has 0 bridgehead atoms. The maximum Gasteiger partial charge on any atom is 0.0861 e. The maximum atomic E-state index is 3.67. The van der Waals surface area contributed by atoms with Crippen LogP contribution in [0.1, 0.15) is 30.9 Å². The third-order valence-corrected chi connectivity index (χ3v) is 8.30. The molecule has 1 aliphatic rings. The summed E-state index contributed by atoms with van der Waals surface area (Å²) in [6, 6.07) is 4.61. The van der Waals surface area contributed by atoms with Crippen molar-refractivity contribution in [2.45, 2.75) is 30.8 Å². The van der Waals surface area contributed by atoms with E-state index in [1.54, 1.807) is 0 Å². The van der Waals surface area contributed by atoms with E-state index in [1.165, 1.54) is 44.4 Å². The lowest BCUT2D eigenvalue weighted by Crippen LogP contribution is -2.14. The number of hydrogen-bond donors (Lipinski definition) is 0. The van der Waals surface area contributed by atoms with E-state index in [0.717, 1.165) is 0 Å². The van der Waals surface area contributed by atoms with E-state index in [4.69, 9.17) is 0 Å². The van der Waals surface area contributed by atoms with Gasteiger partial charge in [-0.1, -0.05) is 45.2 Å². The predicted molar refractivity (Wildman–Crippen MR) is 88.1 cm³/mol. The van der Waals surface area contributed by atoms with Crippen molar-refractivity contribution in [3.05, 3.63) is 32.2 Å².